The SMILES string of the molecule is CCCCCCCCCCCCCCCCCCCCCCCCCCCCCCCCCCCCCCCCCCC(=O)OC(COC(=O)CCCCCCCCCCCCCCCCCCCCCCCCCC)COP(=O)(O)OCC[N+](C)(C)C. The Kier molecular flexibility index (Phi) is 69.5. The Morgan fingerprint density at radius 3 is 0.727 bits per heavy atom. The van der Waals surface area contributed by atoms with E-state index in [1.807, 2.05) is 21.1 Å². The number of unbranched alkanes of at least 4 members (excludes halogenated alkanes) is 62. The number of hydrogen-bond acceptors (Lipinski definition) is 7. The third kappa shape index (κ3) is 74.1. The molecule has 2 unspecified atom stereocenters. The first-order valence-electron chi connectivity index (χ1n) is 39.8. The highest BCUT2D eigenvalue weighted by Gasteiger charge is 2.27. The van der Waals surface area contributed by atoms with Crippen molar-refractivity contribution in [2.45, 2.75) is 444 Å². The minimum absolute atomic E-state index is 0.0378. The van der Waals surface area contributed by atoms with Gasteiger partial charge < -0.3 is 18.9 Å². The van der Waals surface area contributed by atoms with Gasteiger partial charge in [-0.15, -0.1) is 0 Å². The maximum absolute atomic E-state index is 12.9. The van der Waals surface area contributed by atoms with Crippen LogP contribution in [0.1, 0.15) is 438 Å². The van der Waals surface area contributed by atoms with Gasteiger partial charge >= 0.3 is 19.8 Å². The van der Waals surface area contributed by atoms with Gasteiger partial charge in [-0.05, 0) is 12.8 Å². The Morgan fingerprint density at radius 2 is 0.511 bits per heavy atom. The van der Waals surface area contributed by atoms with Gasteiger partial charge in [0.15, 0.2) is 6.10 Å². The summed E-state index contributed by atoms with van der Waals surface area (Å²) in [6.45, 7) is 4.54. The zero-order chi connectivity index (χ0) is 64.1. The molecule has 0 aliphatic carbocycles. The zero-order valence-electron chi connectivity index (χ0n) is 60.3. The lowest BCUT2D eigenvalue weighted by Gasteiger charge is -2.24. The smallest absolute Gasteiger partial charge is 0.462 e. The number of esters is 2. The second-order valence-corrected chi connectivity index (χ2v) is 30.3. The molecule has 9 nitrogen and oxygen atoms in total. The van der Waals surface area contributed by atoms with Crippen molar-refractivity contribution in [3.8, 4) is 0 Å². The van der Waals surface area contributed by atoms with E-state index in [9.17, 15) is 19.0 Å². The minimum Gasteiger partial charge on any atom is -0.462 e. The van der Waals surface area contributed by atoms with Crippen LogP contribution in [0.3, 0.4) is 0 Å². The molecule has 1 N–H and O–H groups in total. The average Bonchev–Trinajstić information content (AvgIpc) is 3.58. The number of carbonyl (C=O) groups is 2. The van der Waals surface area contributed by atoms with E-state index >= 15 is 0 Å². The number of phosphoric ester groups is 1. The Labute approximate surface area is 550 Å². The van der Waals surface area contributed by atoms with Crippen molar-refractivity contribution >= 4 is 19.8 Å². The summed E-state index contributed by atoms with van der Waals surface area (Å²) in [4.78, 5) is 35.9. The van der Waals surface area contributed by atoms with Gasteiger partial charge in [0.2, 0.25) is 0 Å². The van der Waals surface area contributed by atoms with E-state index in [0.717, 1.165) is 38.5 Å². The first kappa shape index (κ1) is 87.0. The molecule has 526 valence electrons. The summed E-state index contributed by atoms with van der Waals surface area (Å²) in [5.41, 5.74) is 0. The summed E-state index contributed by atoms with van der Waals surface area (Å²) in [6.07, 6.45) is 86.9. The molecule has 0 rings (SSSR count). The zero-order valence-corrected chi connectivity index (χ0v) is 61.2. The molecule has 0 amide bonds. The average molecular weight is 1270 g/mol. The van der Waals surface area contributed by atoms with Crippen molar-refractivity contribution < 1.29 is 42.1 Å². The molecule has 0 aromatic carbocycles. The fraction of sp³-hybridized carbons (Fsp3) is 0.974. The van der Waals surface area contributed by atoms with E-state index in [1.54, 1.807) is 0 Å². The Morgan fingerprint density at radius 1 is 0.307 bits per heavy atom. The molecule has 10 heteroatoms. The Bertz CT molecular complexity index is 1440. The van der Waals surface area contributed by atoms with Gasteiger partial charge in [0.25, 0.3) is 0 Å². The predicted molar refractivity (Wildman–Crippen MR) is 382 cm³/mol. The standard InChI is InChI=1S/C78H156NO8P/c1-6-8-10-12-14-16-18-20-22-24-26-28-30-32-33-34-35-36-37-38-39-40-41-42-43-44-45-46-47-49-51-53-55-57-59-61-63-65-67-69-71-78(81)87-76(75-86-88(82,83)85-73-72-79(3,4)5)74-84-77(80)70-68-66-64-62-60-58-56-54-52-50-48-31-29-27-25-23-21-19-17-15-13-11-9-7-2/h76H,6-75H2,1-5H3/p+1. The number of ether oxygens (including phenoxy) is 2. The first-order chi connectivity index (χ1) is 43.0. The van der Waals surface area contributed by atoms with Gasteiger partial charge in [-0.2, -0.15) is 0 Å². The molecule has 0 saturated carbocycles. The van der Waals surface area contributed by atoms with E-state index in [4.69, 9.17) is 18.5 Å². The summed E-state index contributed by atoms with van der Waals surface area (Å²) < 4.78 is 34.8. The molecular formula is C78H157NO8P+. The summed E-state index contributed by atoms with van der Waals surface area (Å²) in [5.74, 6) is -0.765. The number of rotatable bonds is 76. The molecule has 0 fully saturated rings. The van der Waals surface area contributed by atoms with Crippen LogP contribution in [0.15, 0.2) is 0 Å². The molecule has 0 aliphatic rings. The highest BCUT2D eigenvalue weighted by molar-refractivity contribution is 7.47. The van der Waals surface area contributed by atoms with E-state index in [0.29, 0.717) is 17.4 Å². The molecular weight excluding hydrogens is 1110 g/mol. The topological polar surface area (TPSA) is 108 Å². The molecule has 0 bridgehead atoms. The lowest BCUT2D eigenvalue weighted by Crippen LogP contribution is -2.37. The highest BCUT2D eigenvalue weighted by atomic mass is 31.2. The van der Waals surface area contributed by atoms with Crippen molar-refractivity contribution in [2.24, 2.45) is 0 Å². The van der Waals surface area contributed by atoms with Crippen LogP contribution in [0.25, 0.3) is 0 Å². The van der Waals surface area contributed by atoms with Crippen LogP contribution in [0.4, 0.5) is 0 Å². The molecule has 0 aromatic heterocycles. The Hall–Kier alpha value is -0.990. The maximum atomic E-state index is 12.9. The van der Waals surface area contributed by atoms with Crippen LogP contribution < -0.4 is 0 Å². The fourth-order valence-electron chi connectivity index (χ4n) is 12.6. The second-order valence-electron chi connectivity index (χ2n) is 28.8. The fourth-order valence-corrected chi connectivity index (χ4v) is 13.3. The van der Waals surface area contributed by atoms with Crippen LogP contribution in [0.2, 0.25) is 0 Å². The van der Waals surface area contributed by atoms with E-state index in [2.05, 4.69) is 13.8 Å². The molecule has 0 aromatic rings. The summed E-state index contributed by atoms with van der Waals surface area (Å²) in [6, 6.07) is 0. The van der Waals surface area contributed by atoms with Crippen LogP contribution in [0, 0.1) is 0 Å². The molecule has 88 heavy (non-hydrogen) atoms. The van der Waals surface area contributed by atoms with Gasteiger partial charge in [0.1, 0.15) is 19.8 Å². The van der Waals surface area contributed by atoms with Crippen molar-refractivity contribution in [1.29, 1.82) is 0 Å². The van der Waals surface area contributed by atoms with E-state index in [-0.39, 0.29) is 25.6 Å². The van der Waals surface area contributed by atoms with Gasteiger partial charge in [-0.3, -0.25) is 18.6 Å². The van der Waals surface area contributed by atoms with Crippen molar-refractivity contribution in [2.75, 3.05) is 47.5 Å². The summed E-state index contributed by atoms with van der Waals surface area (Å²) in [7, 11) is 1.51. The second kappa shape index (κ2) is 70.3. The third-order valence-corrected chi connectivity index (χ3v) is 19.6. The predicted octanol–water partition coefficient (Wildman–Crippen LogP) is 26.1. The molecule has 2 atom stereocenters. The normalized spacial score (nSPS) is 12.9. The molecule has 0 aliphatic heterocycles. The van der Waals surface area contributed by atoms with Crippen LogP contribution >= 0.6 is 7.82 Å². The number of phosphoric acid groups is 1. The summed E-state index contributed by atoms with van der Waals surface area (Å²) >= 11 is 0. The van der Waals surface area contributed by atoms with Crippen LogP contribution in [0.5, 0.6) is 0 Å². The summed E-state index contributed by atoms with van der Waals surface area (Å²) in [5, 5.41) is 0. The van der Waals surface area contributed by atoms with Crippen molar-refractivity contribution in [1.82, 2.24) is 0 Å². The van der Waals surface area contributed by atoms with Gasteiger partial charge in [-0.25, -0.2) is 4.57 Å². The van der Waals surface area contributed by atoms with Crippen molar-refractivity contribution in [3.05, 3.63) is 0 Å². The molecule has 0 radical (unpaired) electrons. The number of nitrogens with zero attached hydrogens (tertiary/aromatic N) is 1. The third-order valence-electron chi connectivity index (χ3n) is 18.6. The van der Waals surface area contributed by atoms with Crippen LogP contribution in [-0.4, -0.2) is 74.9 Å². The quantitative estimate of drug-likeness (QED) is 0.0278. The monoisotopic (exact) mass is 1270 g/mol. The lowest BCUT2D eigenvalue weighted by atomic mass is 10.0. The first-order valence-corrected chi connectivity index (χ1v) is 41.3. The lowest BCUT2D eigenvalue weighted by molar-refractivity contribution is -0.870. The number of hydrogen-bond donors (Lipinski definition) is 1. The number of likely N-dealkylation sites (N-methyl/N-ethyl adjacent to an activating group) is 1. The molecule has 0 saturated heterocycles. The molecule has 0 spiro atoms. The Balaban J connectivity index is 3.85. The van der Waals surface area contributed by atoms with E-state index in [1.165, 1.54) is 372 Å². The van der Waals surface area contributed by atoms with Gasteiger partial charge in [0, 0.05) is 12.8 Å². The van der Waals surface area contributed by atoms with Gasteiger partial charge in [0.05, 0.1) is 27.7 Å². The van der Waals surface area contributed by atoms with Crippen molar-refractivity contribution in [3.63, 3.8) is 0 Å². The van der Waals surface area contributed by atoms with Crippen LogP contribution in [-0.2, 0) is 32.7 Å². The highest BCUT2D eigenvalue weighted by Crippen LogP contribution is 2.43. The largest absolute Gasteiger partial charge is 0.472 e. The van der Waals surface area contributed by atoms with E-state index < -0.39 is 26.5 Å². The number of quaternary nitrogens is 1. The molecule has 0 heterocycles. The maximum Gasteiger partial charge on any atom is 0.472 e. The minimum atomic E-state index is -4.39. The van der Waals surface area contributed by atoms with Gasteiger partial charge in [-0.1, -0.05) is 412 Å². The number of carbonyl (C=O) groups excluding carboxylic acids is 2.